The zero-order valence-corrected chi connectivity index (χ0v) is 23.9. The van der Waals surface area contributed by atoms with Gasteiger partial charge in [0.05, 0.1) is 17.8 Å². The number of amides is 3. The van der Waals surface area contributed by atoms with Crippen molar-refractivity contribution in [1.82, 2.24) is 24.3 Å². The topological polar surface area (TPSA) is 130 Å². The fourth-order valence-corrected chi connectivity index (χ4v) is 4.00. The number of hydrogen-bond donors (Lipinski definition) is 2. The van der Waals surface area contributed by atoms with Crippen LogP contribution in [0.1, 0.15) is 38.1 Å². The number of nitrogens with zero attached hydrogens (tertiary/aromatic N) is 4. The van der Waals surface area contributed by atoms with Crippen molar-refractivity contribution in [1.29, 1.82) is 0 Å². The summed E-state index contributed by atoms with van der Waals surface area (Å²) in [7, 11) is 6.28. The summed E-state index contributed by atoms with van der Waals surface area (Å²) in [5.41, 5.74) is 2.43. The van der Waals surface area contributed by atoms with Crippen LogP contribution in [0.15, 0.2) is 53.6 Å². The number of ether oxygens (including phenoxy) is 1. The first-order valence-corrected chi connectivity index (χ1v) is 13.2. The molecule has 3 amide bonds. The summed E-state index contributed by atoms with van der Waals surface area (Å²) in [4.78, 5) is 60.8. The highest BCUT2D eigenvalue weighted by atomic mass is 16.6. The molecule has 40 heavy (non-hydrogen) atoms. The van der Waals surface area contributed by atoms with E-state index < -0.39 is 23.7 Å². The quantitative estimate of drug-likeness (QED) is 0.352. The molecular formula is C29H38N6O5. The van der Waals surface area contributed by atoms with Gasteiger partial charge in [0.1, 0.15) is 5.69 Å². The monoisotopic (exact) mass is 550 g/mol. The van der Waals surface area contributed by atoms with E-state index in [1.54, 1.807) is 38.6 Å². The van der Waals surface area contributed by atoms with Gasteiger partial charge in [-0.3, -0.25) is 19.4 Å². The third-order valence-electron chi connectivity index (χ3n) is 6.09. The first-order chi connectivity index (χ1) is 19.0. The van der Waals surface area contributed by atoms with Gasteiger partial charge in [0.15, 0.2) is 6.10 Å². The molecule has 0 aliphatic heterocycles. The molecule has 0 unspecified atom stereocenters. The van der Waals surface area contributed by atoms with Crippen LogP contribution in [-0.2, 0) is 27.3 Å². The van der Waals surface area contributed by atoms with Gasteiger partial charge in [-0.05, 0) is 55.5 Å². The van der Waals surface area contributed by atoms with Gasteiger partial charge in [0.2, 0.25) is 5.91 Å². The van der Waals surface area contributed by atoms with Gasteiger partial charge in [-0.25, -0.2) is 4.79 Å². The molecule has 11 heteroatoms. The van der Waals surface area contributed by atoms with Crippen molar-refractivity contribution in [3.63, 3.8) is 0 Å². The number of H-pyrrole nitrogens is 1. The summed E-state index contributed by atoms with van der Waals surface area (Å²) >= 11 is 0. The Morgan fingerprint density at radius 1 is 1.15 bits per heavy atom. The smallest absolute Gasteiger partial charge is 0.410 e. The van der Waals surface area contributed by atoms with Gasteiger partial charge in [-0.1, -0.05) is 19.9 Å². The zero-order chi connectivity index (χ0) is 29.4. The van der Waals surface area contributed by atoms with E-state index in [9.17, 15) is 19.2 Å². The number of hydrogen-bond acceptors (Lipinski definition) is 6. The van der Waals surface area contributed by atoms with Gasteiger partial charge in [-0.2, -0.15) is 0 Å². The number of fused-ring (bicyclic) bond motifs is 1. The van der Waals surface area contributed by atoms with E-state index in [-0.39, 0.29) is 24.6 Å². The minimum absolute atomic E-state index is 0.0648. The predicted octanol–water partition coefficient (Wildman–Crippen LogP) is 3.40. The molecule has 0 bridgehead atoms. The van der Waals surface area contributed by atoms with Gasteiger partial charge in [0, 0.05) is 51.7 Å². The SMILES string of the molecule is CC(C)Cc1nccc2cc(Cn3cccc(NC(=O)[C@H](CC/C=C/C(=O)N(C)C)OC(=O)N(C)C)c3=O)[nH]c12. The molecular weight excluding hydrogens is 512 g/mol. The van der Waals surface area contributed by atoms with Crippen molar-refractivity contribution in [2.75, 3.05) is 33.5 Å². The van der Waals surface area contributed by atoms with Gasteiger partial charge >= 0.3 is 6.09 Å². The predicted molar refractivity (Wildman–Crippen MR) is 154 cm³/mol. The second-order valence-corrected chi connectivity index (χ2v) is 10.4. The molecule has 3 heterocycles. The van der Waals surface area contributed by atoms with Crippen LogP contribution < -0.4 is 10.9 Å². The lowest BCUT2D eigenvalue weighted by Crippen LogP contribution is -2.37. The first-order valence-electron chi connectivity index (χ1n) is 13.2. The Labute approximate surface area is 233 Å². The molecule has 0 fully saturated rings. The maximum absolute atomic E-state index is 13.2. The van der Waals surface area contributed by atoms with E-state index >= 15 is 0 Å². The largest absolute Gasteiger partial charge is 0.436 e. The van der Waals surface area contributed by atoms with Crippen molar-refractivity contribution in [2.45, 2.75) is 45.8 Å². The van der Waals surface area contributed by atoms with E-state index in [0.717, 1.165) is 28.7 Å². The maximum atomic E-state index is 13.2. The Kier molecular flexibility index (Phi) is 10.2. The molecule has 0 spiro atoms. The molecule has 214 valence electrons. The van der Waals surface area contributed by atoms with E-state index in [2.05, 4.69) is 29.1 Å². The molecule has 0 radical (unpaired) electrons. The van der Waals surface area contributed by atoms with Crippen molar-refractivity contribution in [3.8, 4) is 0 Å². The maximum Gasteiger partial charge on any atom is 0.410 e. The Bertz CT molecular complexity index is 1440. The van der Waals surface area contributed by atoms with Crippen molar-refractivity contribution in [3.05, 3.63) is 70.6 Å². The third-order valence-corrected chi connectivity index (χ3v) is 6.09. The lowest BCUT2D eigenvalue weighted by atomic mass is 10.1. The molecule has 0 aromatic carbocycles. The molecule has 3 aromatic rings. The Balaban J connectivity index is 1.77. The molecule has 0 saturated heterocycles. The minimum Gasteiger partial charge on any atom is -0.436 e. The minimum atomic E-state index is -1.16. The Morgan fingerprint density at radius 3 is 2.58 bits per heavy atom. The van der Waals surface area contributed by atoms with E-state index in [4.69, 9.17) is 4.74 Å². The van der Waals surface area contributed by atoms with Crippen LogP contribution in [0, 0.1) is 5.92 Å². The van der Waals surface area contributed by atoms with Crippen LogP contribution in [0.4, 0.5) is 10.5 Å². The number of aromatic nitrogens is 3. The normalized spacial score (nSPS) is 12.1. The van der Waals surface area contributed by atoms with Crippen molar-refractivity contribution >= 4 is 34.5 Å². The molecule has 3 aromatic heterocycles. The average Bonchev–Trinajstić information content (AvgIpc) is 3.31. The van der Waals surface area contributed by atoms with Gasteiger partial charge in [-0.15, -0.1) is 0 Å². The number of likely N-dealkylation sites (N-methyl/N-ethyl adjacent to an activating group) is 1. The van der Waals surface area contributed by atoms with E-state index in [1.165, 1.54) is 40.6 Å². The number of carbonyl (C=O) groups excluding carboxylic acids is 3. The number of aromatic amines is 1. The Morgan fingerprint density at radius 2 is 1.90 bits per heavy atom. The summed E-state index contributed by atoms with van der Waals surface area (Å²) in [5, 5.41) is 3.64. The van der Waals surface area contributed by atoms with Crippen LogP contribution in [0.25, 0.3) is 10.9 Å². The summed E-state index contributed by atoms with van der Waals surface area (Å²) in [5.74, 6) is -0.379. The standard InChI is InChI=1S/C29H38N6O5/c1-19(2)16-23-26-20(13-14-30-23)17-21(31-26)18-35-15-9-10-22(28(35)38)32-27(37)24(40-29(39)34(5)6)11-7-8-12-25(36)33(3)4/h8-10,12-15,17,19,24,31H,7,11,16,18H2,1-6H3,(H,32,37)/b12-8+/t24-/m0/s1. The van der Waals surface area contributed by atoms with Crippen LogP contribution in [0.5, 0.6) is 0 Å². The number of rotatable bonds is 11. The van der Waals surface area contributed by atoms with Crippen molar-refractivity contribution < 1.29 is 19.1 Å². The summed E-state index contributed by atoms with van der Waals surface area (Å²) in [6.45, 7) is 4.54. The van der Waals surface area contributed by atoms with Crippen LogP contribution in [-0.4, -0.2) is 76.5 Å². The highest BCUT2D eigenvalue weighted by molar-refractivity contribution is 5.95. The molecule has 0 aliphatic carbocycles. The molecule has 0 saturated carbocycles. The van der Waals surface area contributed by atoms with Crippen LogP contribution in [0.3, 0.4) is 0 Å². The first kappa shape index (κ1) is 30.1. The fourth-order valence-electron chi connectivity index (χ4n) is 4.00. The fraction of sp³-hybridized carbons (Fsp3) is 0.414. The number of pyridine rings is 2. The second-order valence-electron chi connectivity index (χ2n) is 10.4. The average molecular weight is 551 g/mol. The van der Waals surface area contributed by atoms with Crippen LogP contribution in [0.2, 0.25) is 0 Å². The van der Waals surface area contributed by atoms with Gasteiger partial charge < -0.3 is 29.4 Å². The molecule has 1 atom stereocenters. The number of allylic oxidation sites excluding steroid dienone is 1. The van der Waals surface area contributed by atoms with Crippen LogP contribution >= 0.6 is 0 Å². The summed E-state index contributed by atoms with van der Waals surface area (Å²) in [6, 6.07) is 7.10. The highest BCUT2D eigenvalue weighted by Gasteiger charge is 2.24. The lowest BCUT2D eigenvalue weighted by Gasteiger charge is -2.19. The molecule has 11 nitrogen and oxygen atoms in total. The zero-order valence-electron chi connectivity index (χ0n) is 23.9. The van der Waals surface area contributed by atoms with E-state index in [1.807, 2.05) is 12.1 Å². The summed E-state index contributed by atoms with van der Waals surface area (Å²) in [6.07, 6.45) is 5.86. The van der Waals surface area contributed by atoms with Gasteiger partial charge in [0.25, 0.3) is 11.5 Å². The number of anilines is 1. The number of carbonyl (C=O) groups is 3. The molecule has 0 aliphatic rings. The highest BCUT2D eigenvalue weighted by Crippen LogP contribution is 2.20. The lowest BCUT2D eigenvalue weighted by molar-refractivity contribution is -0.125. The third kappa shape index (κ3) is 8.05. The van der Waals surface area contributed by atoms with E-state index in [0.29, 0.717) is 12.3 Å². The number of nitrogens with one attached hydrogen (secondary N) is 2. The second kappa shape index (κ2) is 13.6. The van der Waals surface area contributed by atoms with Crippen molar-refractivity contribution in [2.24, 2.45) is 5.92 Å². The molecule has 3 rings (SSSR count). The molecule has 2 N–H and O–H groups in total. The Hall–Kier alpha value is -4.41. The summed E-state index contributed by atoms with van der Waals surface area (Å²) < 4.78 is 6.86.